The number of rotatable bonds is 5. The second kappa shape index (κ2) is 7.27. The number of carbonyl (C=O) groups excluding carboxylic acids is 2. The molecule has 2 amide bonds. The average Bonchev–Trinajstić information content (AvgIpc) is 3.09. The number of hydrogen-bond donors (Lipinski definition) is 2. The van der Waals surface area contributed by atoms with Gasteiger partial charge >= 0.3 is 0 Å². The number of nitrogens with one attached hydrogen (secondary N) is 2. The highest BCUT2D eigenvalue weighted by atomic mass is 32.2. The van der Waals surface area contributed by atoms with Crippen molar-refractivity contribution in [1.29, 1.82) is 0 Å². The van der Waals surface area contributed by atoms with Crippen molar-refractivity contribution < 1.29 is 22.7 Å². The zero-order valence-corrected chi connectivity index (χ0v) is 16.8. The highest BCUT2D eigenvalue weighted by Crippen LogP contribution is 2.35. The molecule has 0 bridgehead atoms. The van der Waals surface area contributed by atoms with Gasteiger partial charge in [-0.2, -0.15) is 5.10 Å². The first kappa shape index (κ1) is 19.9. The molecule has 0 aliphatic carbocycles. The zero-order chi connectivity index (χ0) is 20.6. The molecule has 10 heteroatoms. The van der Waals surface area contributed by atoms with Crippen LogP contribution in [0.1, 0.15) is 36.7 Å². The van der Waals surface area contributed by atoms with E-state index in [-0.39, 0.29) is 28.0 Å². The second-order valence-electron chi connectivity index (χ2n) is 6.90. The van der Waals surface area contributed by atoms with E-state index in [1.807, 2.05) is 20.8 Å². The summed E-state index contributed by atoms with van der Waals surface area (Å²) in [5.41, 5.74) is 0.911. The molecule has 1 unspecified atom stereocenters. The molecule has 1 aromatic carbocycles. The van der Waals surface area contributed by atoms with Gasteiger partial charge in [-0.05, 0) is 31.4 Å². The number of anilines is 1. The highest BCUT2D eigenvalue weighted by Gasteiger charge is 2.32. The normalized spacial score (nSPS) is 16.3. The molecule has 2 heterocycles. The van der Waals surface area contributed by atoms with Crippen molar-refractivity contribution in [3.05, 3.63) is 35.7 Å². The predicted molar refractivity (Wildman–Crippen MR) is 102 cm³/mol. The minimum Gasteiger partial charge on any atom is -0.478 e. The number of aryl methyl sites for hydroxylation is 2. The predicted octanol–water partition coefficient (Wildman–Crippen LogP) is 1.69. The molecule has 9 nitrogen and oxygen atoms in total. The molecule has 1 aliphatic rings. The Morgan fingerprint density at radius 2 is 2.11 bits per heavy atom. The monoisotopic (exact) mass is 406 g/mol. The standard InChI is InChI=1S/C18H22N4O5S/c1-5-22-9-12(8-19-22)17(23)21-28(25,26)15-7-14-13(6-11(15)4)20-18(24)16(27-14)10(2)3/h6-10,16H,5H2,1-4H3,(H,20,24)(H,21,23). The van der Waals surface area contributed by atoms with Crippen LogP contribution in [0.5, 0.6) is 5.75 Å². The topological polar surface area (TPSA) is 119 Å². The largest absolute Gasteiger partial charge is 0.478 e. The number of nitrogens with zero attached hydrogens (tertiary/aromatic N) is 2. The zero-order valence-electron chi connectivity index (χ0n) is 16.0. The molecule has 3 rings (SSSR count). The van der Waals surface area contributed by atoms with E-state index >= 15 is 0 Å². The van der Waals surface area contributed by atoms with Crippen LogP contribution in [0.4, 0.5) is 5.69 Å². The Morgan fingerprint density at radius 1 is 1.39 bits per heavy atom. The summed E-state index contributed by atoms with van der Waals surface area (Å²) < 4.78 is 34.8. The van der Waals surface area contributed by atoms with Crippen LogP contribution in [0.2, 0.25) is 0 Å². The lowest BCUT2D eigenvalue weighted by atomic mass is 10.0. The van der Waals surface area contributed by atoms with Crippen molar-refractivity contribution in [3.63, 3.8) is 0 Å². The van der Waals surface area contributed by atoms with E-state index in [2.05, 4.69) is 15.1 Å². The first-order chi connectivity index (χ1) is 13.1. The van der Waals surface area contributed by atoms with Crippen LogP contribution in [0, 0.1) is 12.8 Å². The SMILES string of the molecule is CCn1cc(C(=O)NS(=O)(=O)c2cc3c(cc2C)NC(=O)C(C(C)C)O3)cn1. The first-order valence-corrected chi connectivity index (χ1v) is 10.3. The van der Waals surface area contributed by atoms with Crippen LogP contribution in [0.25, 0.3) is 0 Å². The molecule has 0 spiro atoms. The Hall–Kier alpha value is -2.88. The maximum atomic E-state index is 12.8. The number of aromatic nitrogens is 2. The Balaban J connectivity index is 1.91. The number of fused-ring (bicyclic) bond motifs is 1. The van der Waals surface area contributed by atoms with E-state index in [1.54, 1.807) is 6.92 Å². The van der Waals surface area contributed by atoms with Crippen molar-refractivity contribution in [2.24, 2.45) is 5.92 Å². The second-order valence-corrected chi connectivity index (χ2v) is 8.56. The van der Waals surface area contributed by atoms with Crippen molar-refractivity contribution in [3.8, 4) is 5.75 Å². The van der Waals surface area contributed by atoms with Gasteiger partial charge in [0, 0.05) is 18.8 Å². The van der Waals surface area contributed by atoms with E-state index in [0.717, 1.165) is 0 Å². The van der Waals surface area contributed by atoms with E-state index in [4.69, 9.17) is 4.74 Å². The molecular formula is C18H22N4O5S. The van der Waals surface area contributed by atoms with Crippen LogP contribution in [0.15, 0.2) is 29.4 Å². The smallest absolute Gasteiger partial charge is 0.268 e. The summed E-state index contributed by atoms with van der Waals surface area (Å²) in [4.78, 5) is 24.3. The third-order valence-corrected chi connectivity index (χ3v) is 5.86. The number of benzene rings is 1. The summed E-state index contributed by atoms with van der Waals surface area (Å²) in [7, 11) is -4.15. The van der Waals surface area contributed by atoms with Crippen LogP contribution in [-0.4, -0.2) is 36.1 Å². The van der Waals surface area contributed by atoms with E-state index in [1.165, 1.54) is 29.2 Å². The quantitative estimate of drug-likeness (QED) is 0.780. The minimum atomic E-state index is -4.15. The van der Waals surface area contributed by atoms with Crippen molar-refractivity contribution in [1.82, 2.24) is 14.5 Å². The fourth-order valence-electron chi connectivity index (χ4n) is 2.88. The Kier molecular flexibility index (Phi) is 5.16. The van der Waals surface area contributed by atoms with Crippen LogP contribution in [0.3, 0.4) is 0 Å². The van der Waals surface area contributed by atoms with Gasteiger partial charge in [-0.3, -0.25) is 14.3 Å². The third-order valence-electron chi connectivity index (χ3n) is 4.39. The van der Waals surface area contributed by atoms with Gasteiger partial charge in [0.1, 0.15) is 5.75 Å². The molecule has 1 atom stereocenters. The van der Waals surface area contributed by atoms with Crippen LogP contribution in [-0.2, 0) is 21.4 Å². The summed E-state index contributed by atoms with van der Waals surface area (Å²) in [6.45, 7) is 7.65. The summed E-state index contributed by atoms with van der Waals surface area (Å²) >= 11 is 0. The highest BCUT2D eigenvalue weighted by molar-refractivity contribution is 7.90. The lowest BCUT2D eigenvalue weighted by Gasteiger charge is -2.29. The van der Waals surface area contributed by atoms with E-state index in [9.17, 15) is 18.0 Å². The average molecular weight is 406 g/mol. The van der Waals surface area contributed by atoms with E-state index < -0.39 is 22.0 Å². The number of amides is 2. The van der Waals surface area contributed by atoms with Gasteiger partial charge in [-0.15, -0.1) is 0 Å². The van der Waals surface area contributed by atoms with Gasteiger partial charge in [-0.1, -0.05) is 13.8 Å². The molecule has 1 aromatic heterocycles. The lowest BCUT2D eigenvalue weighted by Crippen LogP contribution is -2.40. The van der Waals surface area contributed by atoms with Crippen molar-refractivity contribution in [2.75, 3.05) is 5.32 Å². The number of hydrogen-bond acceptors (Lipinski definition) is 6. The van der Waals surface area contributed by atoms with E-state index in [0.29, 0.717) is 17.8 Å². The number of ether oxygens (including phenoxy) is 1. The number of sulfonamides is 1. The van der Waals surface area contributed by atoms with Crippen molar-refractivity contribution in [2.45, 2.75) is 45.2 Å². The Labute approximate surface area is 163 Å². The summed E-state index contributed by atoms with van der Waals surface area (Å²) in [5, 5.41) is 6.70. The van der Waals surface area contributed by atoms with Gasteiger partial charge < -0.3 is 10.1 Å². The molecule has 2 N–H and O–H groups in total. The molecule has 0 fully saturated rings. The fourth-order valence-corrected chi connectivity index (χ4v) is 4.09. The molecule has 0 saturated carbocycles. The summed E-state index contributed by atoms with van der Waals surface area (Å²) in [6, 6.07) is 2.84. The summed E-state index contributed by atoms with van der Waals surface area (Å²) in [6.07, 6.45) is 2.05. The molecule has 150 valence electrons. The molecule has 0 saturated heterocycles. The molecule has 0 radical (unpaired) electrons. The van der Waals surface area contributed by atoms with Crippen LogP contribution < -0.4 is 14.8 Å². The molecule has 2 aromatic rings. The first-order valence-electron chi connectivity index (χ1n) is 8.84. The fraction of sp³-hybridized carbons (Fsp3) is 0.389. The van der Waals surface area contributed by atoms with Gasteiger partial charge in [0.25, 0.3) is 21.8 Å². The molecule has 28 heavy (non-hydrogen) atoms. The third kappa shape index (κ3) is 3.72. The maximum absolute atomic E-state index is 12.8. The van der Waals surface area contributed by atoms with Crippen LogP contribution >= 0.6 is 0 Å². The van der Waals surface area contributed by atoms with Gasteiger partial charge in [0.15, 0.2) is 6.10 Å². The Morgan fingerprint density at radius 3 is 2.71 bits per heavy atom. The minimum absolute atomic E-state index is 0.0932. The number of carbonyl (C=O) groups is 2. The lowest BCUT2D eigenvalue weighted by molar-refractivity contribution is -0.125. The molecular weight excluding hydrogens is 384 g/mol. The molecule has 1 aliphatic heterocycles. The van der Waals surface area contributed by atoms with Gasteiger partial charge in [-0.25, -0.2) is 13.1 Å². The van der Waals surface area contributed by atoms with Crippen molar-refractivity contribution >= 4 is 27.5 Å². The maximum Gasteiger partial charge on any atom is 0.268 e. The van der Waals surface area contributed by atoms with Gasteiger partial charge in [0.2, 0.25) is 0 Å². The summed E-state index contributed by atoms with van der Waals surface area (Å²) in [5.74, 6) is -0.898. The van der Waals surface area contributed by atoms with Gasteiger partial charge in [0.05, 0.1) is 22.3 Å². The Bertz CT molecular complexity index is 1040.